The number of fused-ring (bicyclic) bond motifs is 3. The predicted octanol–water partition coefficient (Wildman–Crippen LogP) is -2.51. The van der Waals surface area contributed by atoms with Crippen molar-refractivity contribution in [3.8, 4) is 0 Å². The first kappa shape index (κ1) is 14.4. The highest BCUT2D eigenvalue weighted by Crippen LogP contribution is 2.35. The zero-order chi connectivity index (χ0) is 14.4. The molecule has 0 aliphatic carbocycles. The van der Waals surface area contributed by atoms with Crippen LogP contribution in [0.2, 0.25) is 0 Å². The van der Waals surface area contributed by atoms with E-state index in [-0.39, 0.29) is 11.7 Å². The zero-order valence-corrected chi connectivity index (χ0v) is 11.1. The Morgan fingerprint density at radius 3 is 2.30 bits per heavy atom. The van der Waals surface area contributed by atoms with Crippen molar-refractivity contribution < 1.29 is 30.0 Å². The van der Waals surface area contributed by atoms with E-state index in [2.05, 4.69) is 0 Å². The fourth-order valence-electron chi connectivity index (χ4n) is 3.64. The molecule has 0 aromatic carbocycles. The van der Waals surface area contributed by atoms with Crippen molar-refractivity contribution >= 4 is 5.78 Å². The van der Waals surface area contributed by atoms with Gasteiger partial charge in [0.15, 0.2) is 5.78 Å². The molecule has 0 radical (unpaired) electrons. The number of piperidine rings is 3. The maximum atomic E-state index is 12.4. The van der Waals surface area contributed by atoms with Gasteiger partial charge in [0.25, 0.3) is 0 Å². The molecule has 4 fully saturated rings. The van der Waals surface area contributed by atoms with Crippen molar-refractivity contribution in [2.24, 2.45) is 5.92 Å². The summed E-state index contributed by atoms with van der Waals surface area (Å²) in [5, 5.41) is 38.9. The van der Waals surface area contributed by atoms with Gasteiger partial charge in [-0.3, -0.25) is 9.69 Å². The van der Waals surface area contributed by atoms with Gasteiger partial charge in [0.2, 0.25) is 0 Å². The van der Waals surface area contributed by atoms with Gasteiger partial charge in [0, 0.05) is 5.92 Å². The molecule has 0 aromatic heterocycles. The molecule has 114 valence electrons. The van der Waals surface area contributed by atoms with E-state index in [1.807, 2.05) is 4.90 Å². The summed E-state index contributed by atoms with van der Waals surface area (Å²) in [7, 11) is 0. The van der Waals surface area contributed by atoms with E-state index < -0.39 is 43.2 Å². The Morgan fingerprint density at radius 2 is 1.75 bits per heavy atom. The van der Waals surface area contributed by atoms with E-state index in [0.29, 0.717) is 0 Å². The molecule has 4 saturated heterocycles. The average Bonchev–Trinajstić information content (AvgIpc) is 2.47. The first-order valence-corrected chi connectivity index (χ1v) is 7.13. The summed E-state index contributed by atoms with van der Waals surface area (Å²) < 4.78 is 5.52. The summed E-state index contributed by atoms with van der Waals surface area (Å²) in [5.74, 6) is 0.0317. The van der Waals surface area contributed by atoms with Crippen LogP contribution >= 0.6 is 0 Å². The Hall–Kier alpha value is -0.570. The lowest BCUT2D eigenvalue weighted by Gasteiger charge is -2.50. The summed E-state index contributed by atoms with van der Waals surface area (Å²) in [6.45, 7) is 1.08. The SMILES string of the molecule is O=C1C2CCN(CC2)[C@H]1[C@H]1O[C@H](CO)[C@@H](O)[C@H](O)[C@H]1O. The molecular weight excluding hydrogens is 266 g/mol. The van der Waals surface area contributed by atoms with Crippen LogP contribution in [0.5, 0.6) is 0 Å². The molecule has 7 nitrogen and oxygen atoms in total. The van der Waals surface area contributed by atoms with Crippen LogP contribution in [-0.4, -0.2) is 87.4 Å². The monoisotopic (exact) mass is 287 g/mol. The molecule has 20 heavy (non-hydrogen) atoms. The van der Waals surface area contributed by atoms with E-state index in [0.717, 1.165) is 25.9 Å². The molecule has 4 aliphatic rings. The van der Waals surface area contributed by atoms with E-state index in [1.165, 1.54) is 0 Å². The van der Waals surface area contributed by atoms with Crippen LogP contribution in [0, 0.1) is 5.92 Å². The van der Waals surface area contributed by atoms with Crippen LogP contribution in [0.4, 0.5) is 0 Å². The number of Topliss-reactive ketones (excluding diaryl/α,β-unsaturated/α-hetero) is 1. The Morgan fingerprint density at radius 1 is 1.10 bits per heavy atom. The summed E-state index contributed by atoms with van der Waals surface area (Å²) in [6.07, 6.45) is -4.33. The Bertz CT molecular complexity index is 381. The van der Waals surface area contributed by atoms with E-state index >= 15 is 0 Å². The van der Waals surface area contributed by atoms with Gasteiger partial charge in [-0.05, 0) is 25.9 Å². The van der Waals surface area contributed by atoms with E-state index in [1.54, 1.807) is 0 Å². The fourth-order valence-corrected chi connectivity index (χ4v) is 3.64. The van der Waals surface area contributed by atoms with Crippen molar-refractivity contribution in [3.05, 3.63) is 0 Å². The number of ether oxygens (including phenoxy) is 1. The normalized spacial score (nSPS) is 52.3. The second-order valence-electron chi connectivity index (χ2n) is 5.95. The molecular formula is C13H21NO6. The minimum absolute atomic E-state index is 0.00244. The molecule has 7 heteroatoms. The molecule has 0 saturated carbocycles. The lowest BCUT2D eigenvalue weighted by Crippen LogP contribution is -2.69. The quantitative estimate of drug-likeness (QED) is 0.444. The number of hydrogen-bond acceptors (Lipinski definition) is 7. The topological polar surface area (TPSA) is 110 Å². The molecule has 0 spiro atoms. The molecule has 6 atom stereocenters. The van der Waals surface area contributed by atoms with Crippen LogP contribution in [0.15, 0.2) is 0 Å². The summed E-state index contributed by atoms with van der Waals surface area (Å²) >= 11 is 0. The second-order valence-corrected chi connectivity index (χ2v) is 5.95. The number of aliphatic hydroxyl groups excluding tert-OH is 4. The van der Waals surface area contributed by atoms with Crippen molar-refractivity contribution in [2.75, 3.05) is 19.7 Å². The summed E-state index contributed by atoms with van der Waals surface area (Å²) in [5.41, 5.74) is 0. The number of carbonyl (C=O) groups is 1. The molecule has 4 heterocycles. The fraction of sp³-hybridized carbons (Fsp3) is 0.923. The Kier molecular flexibility index (Phi) is 3.83. The van der Waals surface area contributed by atoms with Crippen LogP contribution in [0.1, 0.15) is 12.8 Å². The zero-order valence-electron chi connectivity index (χ0n) is 11.1. The van der Waals surface area contributed by atoms with Crippen LogP contribution in [-0.2, 0) is 9.53 Å². The van der Waals surface area contributed by atoms with Crippen LogP contribution in [0.3, 0.4) is 0 Å². The van der Waals surface area contributed by atoms with E-state index in [9.17, 15) is 25.2 Å². The number of ketones is 1. The van der Waals surface area contributed by atoms with Crippen molar-refractivity contribution in [1.82, 2.24) is 4.90 Å². The highest BCUT2D eigenvalue weighted by Gasteiger charge is 2.53. The van der Waals surface area contributed by atoms with Gasteiger partial charge < -0.3 is 25.2 Å². The smallest absolute Gasteiger partial charge is 0.155 e. The lowest BCUT2D eigenvalue weighted by molar-refractivity contribution is -0.245. The van der Waals surface area contributed by atoms with E-state index in [4.69, 9.17) is 4.74 Å². The predicted molar refractivity (Wildman–Crippen MR) is 66.9 cm³/mol. The van der Waals surface area contributed by atoms with Crippen molar-refractivity contribution in [3.63, 3.8) is 0 Å². The first-order valence-electron chi connectivity index (χ1n) is 7.13. The maximum Gasteiger partial charge on any atom is 0.155 e. The highest BCUT2D eigenvalue weighted by molar-refractivity contribution is 5.88. The van der Waals surface area contributed by atoms with Gasteiger partial charge in [0.05, 0.1) is 12.6 Å². The molecule has 0 amide bonds. The van der Waals surface area contributed by atoms with Crippen molar-refractivity contribution in [1.29, 1.82) is 0 Å². The first-order chi connectivity index (χ1) is 9.54. The molecule has 0 aromatic rings. The third kappa shape index (κ3) is 2.09. The van der Waals surface area contributed by atoms with Crippen molar-refractivity contribution in [2.45, 2.75) is 49.4 Å². The van der Waals surface area contributed by atoms with Gasteiger partial charge in [-0.15, -0.1) is 0 Å². The summed E-state index contributed by atoms with van der Waals surface area (Å²) in [6, 6.07) is -0.589. The summed E-state index contributed by atoms with van der Waals surface area (Å²) in [4.78, 5) is 14.3. The standard InChI is InChI=1S/C13H21NO6/c15-5-7-10(17)11(18)12(19)13(20-7)8-9(16)6-1-3-14(8)4-2-6/h6-8,10-13,15,17-19H,1-5H2/t7-,8-,10-,11+,12-,13-/m1/s1. The molecule has 4 aliphatic heterocycles. The molecule has 2 bridgehead atoms. The lowest BCUT2D eigenvalue weighted by atomic mass is 9.77. The minimum Gasteiger partial charge on any atom is -0.394 e. The van der Waals surface area contributed by atoms with Gasteiger partial charge in [-0.2, -0.15) is 0 Å². The average molecular weight is 287 g/mol. The number of aliphatic hydroxyl groups is 4. The number of hydrogen-bond donors (Lipinski definition) is 4. The molecule has 4 N–H and O–H groups in total. The second kappa shape index (κ2) is 5.32. The number of carbonyl (C=O) groups excluding carboxylic acids is 1. The number of nitrogens with zero attached hydrogens (tertiary/aromatic N) is 1. The maximum absolute atomic E-state index is 12.4. The van der Waals surface area contributed by atoms with Crippen LogP contribution < -0.4 is 0 Å². The Labute approximate surface area is 116 Å². The third-order valence-electron chi connectivity index (χ3n) is 4.86. The minimum atomic E-state index is -1.42. The highest BCUT2D eigenvalue weighted by atomic mass is 16.5. The third-order valence-corrected chi connectivity index (χ3v) is 4.86. The largest absolute Gasteiger partial charge is 0.394 e. The van der Waals surface area contributed by atoms with Gasteiger partial charge >= 0.3 is 0 Å². The van der Waals surface area contributed by atoms with Gasteiger partial charge in [-0.1, -0.05) is 0 Å². The van der Waals surface area contributed by atoms with Gasteiger partial charge in [-0.25, -0.2) is 0 Å². The van der Waals surface area contributed by atoms with Crippen LogP contribution in [0.25, 0.3) is 0 Å². The molecule has 4 rings (SSSR count). The molecule has 0 unspecified atom stereocenters. The number of rotatable bonds is 2. The Balaban J connectivity index is 1.83. The van der Waals surface area contributed by atoms with Gasteiger partial charge in [0.1, 0.15) is 30.5 Å².